The molecule has 0 N–H and O–H groups in total. The summed E-state index contributed by atoms with van der Waals surface area (Å²) in [5, 5.41) is 0. The van der Waals surface area contributed by atoms with Gasteiger partial charge >= 0.3 is 0 Å². The molecule has 0 aromatic heterocycles. The molecule has 74 valence electrons. The highest BCUT2D eigenvalue weighted by Gasteiger charge is 2.14. The van der Waals surface area contributed by atoms with E-state index in [2.05, 4.69) is 4.99 Å². The maximum atomic E-state index is 12.6. The summed E-state index contributed by atoms with van der Waals surface area (Å²) in [6.07, 6.45) is 0.843. The molecule has 1 aromatic rings. The Bertz CT molecular complexity index is 345. The van der Waals surface area contributed by atoms with Gasteiger partial charge in [-0.15, -0.1) is 0 Å². The van der Waals surface area contributed by atoms with Crippen molar-refractivity contribution in [2.24, 2.45) is 4.99 Å². The Hall–Kier alpha value is -1.38. The molecule has 1 heterocycles. The average molecular weight is 193 g/mol. The molecule has 2 rings (SSSR count). The normalized spacial score (nSPS) is 20.4. The summed E-state index contributed by atoms with van der Waals surface area (Å²) >= 11 is 0. The van der Waals surface area contributed by atoms with Crippen LogP contribution in [0.25, 0.3) is 0 Å². The maximum Gasteiger partial charge on any atom is 0.188 e. The summed E-state index contributed by atoms with van der Waals surface area (Å²) in [7, 11) is 0. The van der Waals surface area contributed by atoms with Gasteiger partial charge in [-0.25, -0.2) is 4.39 Å². The van der Waals surface area contributed by atoms with E-state index in [4.69, 9.17) is 4.74 Å². The van der Waals surface area contributed by atoms with Gasteiger partial charge in [-0.1, -0.05) is 12.1 Å². The zero-order valence-electron chi connectivity index (χ0n) is 8.03. The Labute approximate surface area is 82.4 Å². The van der Waals surface area contributed by atoms with Crippen LogP contribution in [-0.2, 0) is 11.2 Å². The molecule has 0 aliphatic carbocycles. The molecule has 14 heavy (non-hydrogen) atoms. The molecule has 0 bridgehead atoms. The summed E-state index contributed by atoms with van der Waals surface area (Å²) in [4.78, 5) is 4.24. The Kier molecular flexibility index (Phi) is 2.48. The molecule has 2 nitrogen and oxygen atoms in total. The van der Waals surface area contributed by atoms with Crippen molar-refractivity contribution in [3.63, 3.8) is 0 Å². The maximum absolute atomic E-state index is 12.6. The van der Waals surface area contributed by atoms with Gasteiger partial charge in [0, 0.05) is 6.42 Å². The van der Waals surface area contributed by atoms with E-state index in [1.54, 1.807) is 12.1 Å². The largest absolute Gasteiger partial charge is 0.476 e. The third kappa shape index (κ3) is 2.10. The number of benzene rings is 1. The molecule has 1 aliphatic rings. The van der Waals surface area contributed by atoms with Crippen molar-refractivity contribution < 1.29 is 9.13 Å². The summed E-state index contributed by atoms with van der Waals surface area (Å²) in [5.74, 6) is 0.542. The molecule has 0 amide bonds. The molecular weight excluding hydrogens is 181 g/mol. The van der Waals surface area contributed by atoms with E-state index in [9.17, 15) is 4.39 Å². The first-order valence-electron chi connectivity index (χ1n) is 4.68. The molecule has 0 saturated carbocycles. The summed E-state index contributed by atoms with van der Waals surface area (Å²) in [5.41, 5.74) is 1.03. The molecule has 0 fully saturated rings. The fourth-order valence-corrected chi connectivity index (χ4v) is 1.41. The number of halogens is 1. The molecule has 0 saturated heterocycles. The van der Waals surface area contributed by atoms with Crippen LogP contribution in [0, 0.1) is 5.82 Å². The smallest absolute Gasteiger partial charge is 0.188 e. The summed E-state index contributed by atoms with van der Waals surface area (Å²) < 4.78 is 18.1. The number of aliphatic imine (C=N–C) groups is 1. The minimum atomic E-state index is -0.212. The molecule has 3 heteroatoms. The standard InChI is InChI=1S/C11H12FNO/c1-8-7-13-11(14-8)6-9-2-4-10(12)5-3-9/h2-5,8H,6-7H2,1H3. The number of rotatable bonds is 2. The van der Waals surface area contributed by atoms with Gasteiger partial charge in [-0.3, -0.25) is 4.99 Å². The van der Waals surface area contributed by atoms with Gasteiger partial charge in [0.15, 0.2) is 5.90 Å². The van der Waals surface area contributed by atoms with Crippen LogP contribution in [0.2, 0.25) is 0 Å². The third-order valence-electron chi connectivity index (χ3n) is 2.13. The lowest BCUT2D eigenvalue weighted by Gasteiger charge is -2.05. The van der Waals surface area contributed by atoms with Crippen molar-refractivity contribution >= 4 is 5.90 Å². The predicted octanol–water partition coefficient (Wildman–Crippen LogP) is 2.19. The van der Waals surface area contributed by atoms with Gasteiger partial charge in [-0.2, -0.15) is 0 Å². The van der Waals surface area contributed by atoms with Crippen LogP contribution in [0.3, 0.4) is 0 Å². The van der Waals surface area contributed by atoms with E-state index in [1.165, 1.54) is 12.1 Å². The topological polar surface area (TPSA) is 21.6 Å². The van der Waals surface area contributed by atoms with E-state index >= 15 is 0 Å². The van der Waals surface area contributed by atoms with Gasteiger partial charge in [0.05, 0.1) is 6.54 Å². The fraction of sp³-hybridized carbons (Fsp3) is 0.364. The van der Waals surface area contributed by atoms with Crippen LogP contribution in [0.1, 0.15) is 12.5 Å². The van der Waals surface area contributed by atoms with Crippen LogP contribution in [0.4, 0.5) is 4.39 Å². The van der Waals surface area contributed by atoms with Crippen LogP contribution in [0.15, 0.2) is 29.3 Å². The minimum absolute atomic E-state index is 0.186. The second-order valence-corrected chi connectivity index (χ2v) is 3.47. The van der Waals surface area contributed by atoms with Crippen molar-refractivity contribution in [1.82, 2.24) is 0 Å². The van der Waals surface area contributed by atoms with Crippen molar-refractivity contribution in [3.05, 3.63) is 35.6 Å². The van der Waals surface area contributed by atoms with Crippen LogP contribution >= 0.6 is 0 Å². The number of ether oxygens (including phenoxy) is 1. The lowest BCUT2D eigenvalue weighted by atomic mass is 10.1. The quantitative estimate of drug-likeness (QED) is 0.705. The zero-order valence-corrected chi connectivity index (χ0v) is 8.03. The van der Waals surface area contributed by atoms with Crippen molar-refractivity contribution in [2.75, 3.05) is 6.54 Å². The van der Waals surface area contributed by atoms with Gasteiger partial charge in [0.25, 0.3) is 0 Å². The van der Waals surface area contributed by atoms with Gasteiger partial charge in [-0.05, 0) is 24.6 Å². The monoisotopic (exact) mass is 193 g/mol. The van der Waals surface area contributed by atoms with E-state index in [1.807, 2.05) is 6.92 Å². The van der Waals surface area contributed by atoms with Gasteiger partial charge < -0.3 is 4.74 Å². The summed E-state index contributed by atoms with van der Waals surface area (Å²) in [6.45, 7) is 2.72. The first-order chi connectivity index (χ1) is 6.74. The van der Waals surface area contributed by atoms with Crippen LogP contribution < -0.4 is 0 Å². The Morgan fingerprint density at radius 2 is 2.14 bits per heavy atom. The van der Waals surface area contributed by atoms with E-state index in [0.717, 1.165) is 18.0 Å². The Morgan fingerprint density at radius 3 is 2.71 bits per heavy atom. The molecule has 0 radical (unpaired) electrons. The molecule has 1 aromatic carbocycles. The number of hydrogen-bond acceptors (Lipinski definition) is 2. The third-order valence-corrected chi connectivity index (χ3v) is 2.13. The molecule has 1 atom stereocenters. The lowest BCUT2D eigenvalue weighted by Crippen LogP contribution is -2.09. The highest BCUT2D eigenvalue weighted by atomic mass is 19.1. The van der Waals surface area contributed by atoms with Crippen LogP contribution in [-0.4, -0.2) is 18.5 Å². The van der Waals surface area contributed by atoms with E-state index < -0.39 is 0 Å². The first kappa shape index (κ1) is 9.19. The molecule has 1 aliphatic heterocycles. The zero-order chi connectivity index (χ0) is 9.97. The summed E-state index contributed by atoms with van der Waals surface area (Å²) in [6, 6.07) is 6.41. The number of nitrogens with zero attached hydrogens (tertiary/aromatic N) is 1. The van der Waals surface area contributed by atoms with Crippen molar-refractivity contribution in [3.8, 4) is 0 Å². The highest BCUT2D eigenvalue weighted by Crippen LogP contribution is 2.10. The molecular formula is C11H12FNO. The average Bonchev–Trinajstić information content (AvgIpc) is 2.56. The minimum Gasteiger partial charge on any atom is -0.476 e. The van der Waals surface area contributed by atoms with E-state index in [-0.39, 0.29) is 11.9 Å². The van der Waals surface area contributed by atoms with Crippen molar-refractivity contribution in [2.45, 2.75) is 19.4 Å². The van der Waals surface area contributed by atoms with Gasteiger partial charge in [0.1, 0.15) is 11.9 Å². The van der Waals surface area contributed by atoms with E-state index in [0.29, 0.717) is 6.42 Å². The van der Waals surface area contributed by atoms with Crippen LogP contribution in [0.5, 0.6) is 0 Å². The van der Waals surface area contributed by atoms with Crippen molar-refractivity contribution in [1.29, 1.82) is 0 Å². The number of hydrogen-bond donors (Lipinski definition) is 0. The SMILES string of the molecule is CC1CN=C(Cc2ccc(F)cc2)O1. The Balaban J connectivity index is 2.01. The molecule has 0 spiro atoms. The second-order valence-electron chi connectivity index (χ2n) is 3.47. The second kappa shape index (κ2) is 3.78. The Morgan fingerprint density at radius 1 is 1.43 bits per heavy atom. The van der Waals surface area contributed by atoms with Gasteiger partial charge in [0.2, 0.25) is 0 Å². The fourth-order valence-electron chi connectivity index (χ4n) is 1.41. The molecule has 1 unspecified atom stereocenters. The first-order valence-corrected chi connectivity index (χ1v) is 4.68. The lowest BCUT2D eigenvalue weighted by molar-refractivity contribution is 0.241. The predicted molar refractivity (Wildman–Crippen MR) is 53.0 cm³/mol. The highest BCUT2D eigenvalue weighted by molar-refractivity contribution is 5.80.